The van der Waals surface area contributed by atoms with Gasteiger partial charge < -0.3 is 9.57 Å². The van der Waals surface area contributed by atoms with Crippen molar-refractivity contribution in [1.82, 2.24) is 0 Å². The van der Waals surface area contributed by atoms with Gasteiger partial charge in [-0.3, -0.25) is 4.79 Å². The Bertz CT molecular complexity index is 453. The largest absolute Gasteiger partial charge is 0.426 e. The molecule has 0 aliphatic carbocycles. The van der Waals surface area contributed by atoms with Crippen molar-refractivity contribution in [2.45, 2.75) is 12.5 Å². The highest BCUT2D eigenvalue weighted by Crippen LogP contribution is 2.29. The summed E-state index contributed by atoms with van der Waals surface area (Å²) in [5, 5.41) is 3.43. The molecule has 0 N–H and O–H groups in total. The smallest absolute Gasteiger partial charge is 0.416 e. The fraction of sp³-hybridized carbons (Fsp3) is 0.200. The summed E-state index contributed by atoms with van der Waals surface area (Å²) in [4.78, 5) is 14.8. The molecular weight excluding hydrogens is 239 g/mol. The lowest BCUT2D eigenvalue weighted by atomic mass is 10.1. The monoisotopic (exact) mass is 245 g/mol. The zero-order chi connectivity index (χ0) is 12.5. The molecule has 1 unspecified atom stereocenters. The Kier molecular flexibility index (Phi) is 2.74. The van der Waals surface area contributed by atoms with Crippen LogP contribution in [0.1, 0.15) is 11.1 Å². The number of nitrogens with zero attached hydrogens (tertiary/aromatic N) is 1. The van der Waals surface area contributed by atoms with Crippen molar-refractivity contribution in [2.75, 3.05) is 0 Å². The van der Waals surface area contributed by atoms with E-state index in [0.29, 0.717) is 11.8 Å². The van der Waals surface area contributed by atoms with E-state index in [0.717, 1.165) is 12.1 Å². The number of oxime groups is 1. The average Bonchev–Trinajstić information content (AvgIpc) is 2.76. The molecule has 0 spiro atoms. The zero-order valence-electron chi connectivity index (χ0n) is 8.27. The van der Waals surface area contributed by atoms with Crippen LogP contribution in [0.15, 0.2) is 29.4 Å². The first-order chi connectivity index (χ1) is 8.00. The summed E-state index contributed by atoms with van der Waals surface area (Å²) < 4.78 is 41.7. The maximum absolute atomic E-state index is 12.3. The highest BCUT2D eigenvalue weighted by Gasteiger charge is 2.30. The maximum Gasteiger partial charge on any atom is 0.416 e. The van der Waals surface area contributed by atoms with Crippen LogP contribution in [0.2, 0.25) is 0 Å². The number of carbonyl (C=O) groups excluding carboxylic acids is 1. The first-order valence-electron chi connectivity index (χ1n) is 4.54. The number of aldehydes is 1. The maximum atomic E-state index is 12.3. The number of hydrogen-bond acceptors (Lipinski definition) is 4. The molecule has 0 fully saturated rings. The Hall–Kier alpha value is -2.05. The summed E-state index contributed by atoms with van der Waals surface area (Å²) >= 11 is 0. The summed E-state index contributed by atoms with van der Waals surface area (Å²) in [5.74, 6) is -0.0178. The molecule has 1 aromatic carbocycles. The van der Waals surface area contributed by atoms with Gasteiger partial charge in [-0.1, -0.05) is 0 Å². The van der Waals surface area contributed by atoms with Crippen LogP contribution in [0.5, 0.6) is 0 Å². The minimum absolute atomic E-state index is 0.0178. The van der Waals surface area contributed by atoms with E-state index in [1.807, 2.05) is 0 Å². The van der Waals surface area contributed by atoms with E-state index < -0.39 is 18.0 Å². The molecule has 1 atom stereocenters. The number of benzene rings is 1. The minimum atomic E-state index is -4.39. The Balaban J connectivity index is 2.17. The second kappa shape index (κ2) is 4.08. The van der Waals surface area contributed by atoms with Gasteiger partial charge in [-0.05, 0) is 29.4 Å². The lowest BCUT2D eigenvalue weighted by Gasteiger charge is -2.07. The fourth-order valence-corrected chi connectivity index (χ4v) is 1.23. The molecular formula is C10H6F3NO3. The zero-order valence-corrected chi connectivity index (χ0v) is 8.27. The predicted octanol–water partition coefficient (Wildman–Crippen LogP) is 1.94. The topological polar surface area (TPSA) is 47.9 Å². The molecule has 2 rings (SSSR count). The van der Waals surface area contributed by atoms with Crippen molar-refractivity contribution >= 4 is 12.2 Å². The Morgan fingerprint density at radius 2 is 1.88 bits per heavy atom. The molecule has 1 heterocycles. The van der Waals surface area contributed by atoms with Gasteiger partial charge in [0.1, 0.15) is 0 Å². The number of halogens is 3. The van der Waals surface area contributed by atoms with Gasteiger partial charge in [-0.25, -0.2) is 0 Å². The van der Waals surface area contributed by atoms with Crippen LogP contribution >= 0.6 is 0 Å². The summed E-state index contributed by atoms with van der Waals surface area (Å²) in [6.45, 7) is 0. The van der Waals surface area contributed by atoms with Crippen LogP contribution in [-0.4, -0.2) is 18.5 Å². The number of ether oxygens (including phenoxy) is 1. The third-order valence-electron chi connectivity index (χ3n) is 2.04. The molecule has 1 aliphatic heterocycles. The Morgan fingerprint density at radius 1 is 1.24 bits per heavy atom. The third kappa shape index (κ3) is 2.38. The van der Waals surface area contributed by atoms with Gasteiger partial charge in [-0.15, -0.1) is 0 Å². The van der Waals surface area contributed by atoms with Crippen molar-refractivity contribution in [3.05, 3.63) is 35.4 Å². The van der Waals surface area contributed by atoms with Gasteiger partial charge in [0.15, 0.2) is 0 Å². The van der Waals surface area contributed by atoms with Crippen molar-refractivity contribution in [1.29, 1.82) is 0 Å². The van der Waals surface area contributed by atoms with Gasteiger partial charge in [0.25, 0.3) is 5.90 Å². The highest BCUT2D eigenvalue weighted by atomic mass is 19.4. The lowest BCUT2D eigenvalue weighted by Crippen LogP contribution is -2.13. The van der Waals surface area contributed by atoms with E-state index >= 15 is 0 Å². The lowest BCUT2D eigenvalue weighted by molar-refractivity contribution is -0.137. The number of hydrogen-bond donors (Lipinski definition) is 0. The van der Waals surface area contributed by atoms with E-state index in [1.54, 1.807) is 0 Å². The second-order valence-corrected chi connectivity index (χ2v) is 3.20. The van der Waals surface area contributed by atoms with Crippen LogP contribution < -0.4 is 0 Å². The number of carbonyl (C=O) groups is 1. The molecule has 0 saturated heterocycles. The van der Waals surface area contributed by atoms with Crippen molar-refractivity contribution in [3.8, 4) is 0 Å². The molecule has 1 aliphatic rings. The van der Waals surface area contributed by atoms with E-state index in [1.165, 1.54) is 12.1 Å². The van der Waals surface area contributed by atoms with Gasteiger partial charge in [-0.2, -0.15) is 13.2 Å². The Morgan fingerprint density at radius 3 is 2.35 bits per heavy atom. The fourth-order valence-electron chi connectivity index (χ4n) is 1.23. The van der Waals surface area contributed by atoms with Crippen LogP contribution in [0.3, 0.4) is 0 Å². The standard InChI is InChI=1S/C10H6F3NO3/c11-10(12,13)7-3-1-6(2-4-7)9-14-17-8(5-15)16-9/h1-5,8H. The first kappa shape index (κ1) is 11.4. The molecule has 0 saturated carbocycles. The van der Waals surface area contributed by atoms with Crippen LogP contribution in [-0.2, 0) is 20.5 Å². The molecule has 17 heavy (non-hydrogen) atoms. The molecule has 90 valence electrons. The van der Waals surface area contributed by atoms with Crippen molar-refractivity contribution in [3.63, 3.8) is 0 Å². The van der Waals surface area contributed by atoms with Gasteiger partial charge in [0, 0.05) is 5.56 Å². The molecule has 1 aromatic rings. The summed E-state index contributed by atoms with van der Waals surface area (Å²) in [5.41, 5.74) is -0.463. The summed E-state index contributed by atoms with van der Waals surface area (Å²) in [7, 11) is 0. The summed E-state index contributed by atoms with van der Waals surface area (Å²) in [6, 6.07) is 4.18. The summed E-state index contributed by atoms with van der Waals surface area (Å²) in [6.07, 6.45) is -5.13. The van der Waals surface area contributed by atoms with Crippen LogP contribution in [0.25, 0.3) is 0 Å². The van der Waals surface area contributed by atoms with Crippen molar-refractivity contribution < 1.29 is 27.5 Å². The minimum Gasteiger partial charge on any atom is -0.426 e. The van der Waals surface area contributed by atoms with Crippen LogP contribution in [0.4, 0.5) is 13.2 Å². The molecule has 0 amide bonds. The Labute approximate surface area is 93.6 Å². The first-order valence-corrected chi connectivity index (χ1v) is 4.54. The molecule has 4 nitrogen and oxygen atoms in total. The number of alkyl halides is 3. The van der Waals surface area contributed by atoms with Gasteiger partial charge in [0.2, 0.25) is 6.29 Å². The van der Waals surface area contributed by atoms with Crippen molar-refractivity contribution in [2.24, 2.45) is 5.16 Å². The normalized spacial score (nSPS) is 19.2. The molecule has 0 radical (unpaired) electrons. The molecule has 7 heteroatoms. The SMILES string of the molecule is O=CC1ON=C(c2ccc(C(F)(F)F)cc2)O1. The van der Waals surface area contributed by atoms with E-state index in [9.17, 15) is 18.0 Å². The third-order valence-corrected chi connectivity index (χ3v) is 2.04. The van der Waals surface area contributed by atoms with E-state index in [-0.39, 0.29) is 5.90 Å². The molecule has 0 aromatic heterocycles. The average molecular weight is 245 g/mol. The van der Waals surface area contributed by atoms with Gasteiger partial charge >= 0.3 is 12.5 Å². The highest BCUT2D eigenvalue weighted by molar-refractivity contribution is 5.95. The van der Waals surface area contributed by atoms with E-state index in [2.05, 4.69) is 9.99 Å². The van der Waals surface area contributed by atoms with Crippen LogP contribution in [0, 0.1) is 0 Å². The predicted molar refractivity (Wildman–Crippen MR) is 50.0 cm³/mol. The quantitative estimate of drug-likeness (QED) is 0.748. The van der Waals surface area contributed by atoms with E-state index in [4.69, 9.17) is 4.74 Å². The molecule has 0 bridgehead atoms. The number of rotatable bonds is 2. The second-order valence-electron chi connectivity index (χ2n) is 3.20. The van der Waals surface area contributed by atoms with Gasteiger partial charge in [0.05, 0.1) is 5.56 Å².